The van der Waals surface area contributed by atoms with E-state index < -0.39 is 0 Å². The predicted molar refractivity (Wildman–Crippen MR) is 72.1 cm³/mol. The quantitative estimate of drug-likeness (QED) is 0.831. The Bertz CT molecular complexity index is 330. The van der Waals surface area contributed by atoms with E-state index in [4.69, 9.17) is 5.73 Å². The largest absolute Gasteiger partial charge is 0.391 e. The number of aliphatic hydroxyl groups is 1. The normalized spacial score (nSPS) is 19.1. The summed E-state index contributed by atoms with van der Waals surface area (Å²) in [5.41, 5.74) is 7.09. The second-order valence-electron chi connectivity index (χ2n) is 3.88. The third kappa shape index (κ3) is 3.06. The highest BCUT2D eigenvalue weighted by atomic mass is 127. The van der Waals surface area contributed by atoms with Gasteiger partial charge in [0.2, 0.25) is 0 Å². The molecule has 0 radical (unpaired) electrons. The van der Waals surface area contributed by atoms with E-state index in [1.165, 1.54) is 0 Å². The lowest BCUT2D eigenvalue weighted by Crippen LogP contribution is -2.28. The van der Waals surface area contributed by atoms with Gasteiger partial charge in [-0.15, -0.1) is 12.4 Å². The molecule has 1 aromatic carbocycles. The van der Waals surface area contributed by atoms with Crippen molar-refractivity contribution in [2.75, 3.05) is 0 Å². The average molecular weight is 340 g/mol. The fourth-order valence-corrected chi connectivity index (χ4v) is 2.41. The van der Waals surface area contributed by atoms with Gasteiger partial charge in [0.1, 0.15) is 0 Å². The molecule has 0 spiro atoms. The smallest absolute Gasteiger partial charge is 0.0761 e. The van der Waals surface area contributed by atoms with Crippen LogP contribution in [0.5, 0.6) is 0 Å². The van der Waals surface area contributed by atoms with Crippen LogP contribution in [0, 0.1) is 9.49 Å². The van der Waals surface area contributed by atoms with Gasteiger partial charge < -0.3 is 10.8 Å². The van der Waals surface area contributed by atoms with Gasteiger partial charge in [0.15, 0.2) is 0 Å². The molecule has 1 aromatic rings. The van der Waals surface area contributed by atoms with Crippen molar-refractivity contribution in [2.45, 2.75) is 25.0 Å². The molecule has 1 fully saturated rings. The Hall–Kier alpha value is 0.160. The van der Waals surface area contributed by atoms with Crippen LogP contribution in [0.4, 0.5) is 0 Å². The first-order valence-electron chi connectivity index (χ1n) is 4.88. The second-order valence-corrected chi connectivity index (χ2v) is 5.04. The Balaban J connectivity index is 0.00000112. The molecule has 0 amide bonds. The minimum absolute atomic E-state index is 0. The van der Waals surface area contributed by atoms with E-state index in [1.54, 1.807) is 0 Å². The van der Waals surface area contributed by atoms with Crippen LogP contribution < -0.4 is 5.73 Å². The minimum atomic E-state index is -0.370. The number of halogens is 2. The highest BCUT2D eigenvalue weighted by Crippen LogP contribution is 2.37. The summed E-state index contributed by atoms with van der Waals surface area (Å²) in [5.74, 6) is 0.431. The monoisotopic (exact) mass is 339 g/mol. The second kappa shape index (κ2) is 5.48. The molecule has 0 unspecified atom stereocenters. The molecule has 2 atom stereocenters. The fourth-order valence-electron chi connectivity index (χ4n) is 1.66. The van der Waals surface area contributed by atoms with Crippen LogP contribution in [0.25, 0.3) is 0 Å². The van der Waals surface area contributed by atoms with Crippen LogP contribution in [0.3, 0.4) is 0 Å². The lowest BCUT2D eigenvalue weighted by Gasteiger charge is -2.19. The SMILES string of the molecule is Cl.N[C@H](c1ccccc1I)[C@@H](O)C1CC1. The van der Waals surface area contributed by atoms with Crippen molar-refractivity contribution in [3.05, 3.63) is 33.4 Å². The molecule has 15 heavy (non-hydrogen) atoms. The van der Waals surface area contributed by atoms with Gasteiger partial charge >= 0.3 is 0 Å². The predicted octanol–water partition coefficient (Wildman–Crippen LogP) is 2.48. The van der Waals surface area contributed by atoms with E-state index >= 15 is 0 Å². The van der Waals surface area contributed by atoms with E-state index in [1.807, 2.05) is 24.3 Å². The van der Waals surface area contributed by atoms with Crippen molar-refractivity contribution in [3.8, 4) is 0 Å². The van der Waals surface area contributed by atoms with Crippen LogP contribution in [0.2, 0.25) is 0 Å². The summed E-state index contributed by atoms with van der Waals surface area (Å²) in [7, 11) is 0. The Morgan fingerprint density at radius 1 is 1.33 bits per heavy atom. The van der Waals surface area contributed by atoms with E-state index in [2.05, 4.69) is 22.6 Å². The standard InChI is InChI=1S/C11H14INO.ClH/c12-9-4-2-1-3-8(9)10(13)11(14)7-5-6-7;/h1-4,7,10-11,14H,5-6,13H2;1H/t10-,11+;/m1./s1. The first kappa shape index (κ1) is 13.2. The maximum atomic E-state index is 9.91. The van der Waals surface area contributed by atoms with Crippen molar-refractivity contribution < 1.29 is 5.11 Å². The average Bonchev–Trinajstić information content (AvgIpc) is 3.00. The summed E-state index contributed by atoms with van der Waals surface area (Å²) in [5, 5.41) is 9.91. The van der Waals surface area contributed by atoms with Crippen LogP contribution in [0.1, 0.15) is 24.4 Å². The zero-order valence-electron chi connectivity index (χ0n) is 8.27. The molecule has 0 heterocycles. The highest BCUT2D eigenvalue weighted by molar-refractivity contribution is 14.1. The molecule has 1 saturated carbocycles. The van der Waals surface area contributed by atoms with Gasteiger partial charge in [0.05, 0.1) is 12.1 Å². The molecule has 2 rings (SSSR count). The first-order valence-corrected chi connectivity index (χ1v) is 5.96. The minimum Gasteiger partial charge on any atom is -0.391 e. The maximum Gasteiger partial charge on any atom is 0.0761 e. The molecule has 3 N–H and O–H groups in total. The summed E-state index contributed by atoms with van der Waals surface area (Å²) >= 11 is 2.26. The van der Waals surface area contributed by atoms with Crippen molar-refractivity contribution >= 4 is 35.0 Å². The molecule has 2 nitrogen and oxygen atoms in total. The lowest BCUT2D eigenvalue weighted by atomic mass is 9.99. The molecule has 4 heteroatoms. The summed E-state index contributed by atoms with van der Waals surface area (Å²) in [6.07, 6.45) is 1.88. The molecular weight excluding hydrogens is 324 g/mol. The van der Waals surface area contributed by atoms with E-state index in [9.17, 15) is 5.11 Å². The lowest BCUT2D eigenvalue weighted by molar-refractivity contribution is 0.122. The molecule has 0 saturated heterocycles. The zero-order valence-corrected chi connectivity index (χ0v) is 11.2. The number of hydrogen-bond donors (Lipinski definition) is 2. The molecule has 0 aliphatic heterocycles. The van der Waals surface area contributed by atoms with E-state index in [0.29, 0.717) is 5.92 Å². The third-order valence-corrected chi connectivity index (χ3v) is 3.72. The van der Waals surface area contributed by atoms with Gasteiger partial charge in [-0.05, 0) is 53.0 Å². The van der Waals surface area contributed by atoms with Gasteiger partial charge in [0, 0.05) is 3.57 Å². The fraction of sp³-hybridized carbons (Fsp3) is 0.455. The van der Waals surface area contributed by atoms with Gasteiger partial charge in [-0.25, -0.2) is 0 Å². The molecule has 0 aromatic heterocycles. The topological polar surface area (TPSA) is 46.2 Å². The van der Waals surface area contributed by atoms with Crippen molar-refractivity contribution in [1.29, 1.82) is 0 Å². The third-order valence-electron chi connectivity index (χ3n) is 2.74. The van der Waals surface area contributed by atoms with Gasteiger partial charge in [-0.3, -0.25) is 0 Å². The van der Waals surface area contributed by atoms with Crippen LogP contribution in [-0.2, 0) is 0 Å². The van der Waals surface area contributed by atoms with Gasteiger partial charge in [-0.1, -0.05) is 18.2 Å². The summed E-state index contributed by atoms with van der Waals surface area (Å²) < 4.78 is 1.14. The first-order chi connectivity index (χ1) is 6.70. The van der Waals surface area contributed by atoms with Crippen molar-refractivity contribution in [1.82, 2.24) is 0 Å². The summed E-state index contributed by atoms with van der Waals surface area (Å²) in [6, 6.07) is 7.75. The molecular formula is C11H15ClINO. The Morgan fingerprint density at radius 2 is 1.93 bits per heavy atom. The maximum absolute atomic E-state index is 9.91. The number of aliphatic hydroxyl groups excluding tert-OH is 1. The van der Waals surface area contributed by atoms with Crippen molar-refractivity contribution in [3.63, 3.8) is 0 Å². The number of nitrogens with two attached hydrogens (primary N) is 1. The van der Waals surface area contributed by atoms with Crippen LogP contribution in [-0.4, -0.2) is 11.2 Å². The Morgan fingerprint density at radius 3 is 2.47 bits per heavy atom. The molecule has 84 valence electrons. The number of benzene rings is 1. The molecule has 1 aliphatic rings. The zero-order chi connectivity index (χ0) is 10.1. The van der Waals surface area contributed by atoms with Crippen LogP contribution in [0.15, 0.2) is 24.3 Å². The highest BCUT2D eigenvalue weighted by Gasteiger charge is 2.34. The summed E-state index contributed by atoms with van der Waals surface area (Å²) in [6.45, 7) is 0. The van der Waals surface area contributed by atoms with Gasteiger partial charge in [0.25, 0.3) is 0 Å². The molecule has 1 aliphatic carbocycles. The van der Waals surface area contributed by atoms with Gasteiger partial charge in [-0.2, -0.15) is 0 Å². The van der Waals surface area contributed by atoms with E-state index in [0.717, 1.165) is 22.0 Å². The van der Waals surface area contributed by atoms with Crippen molar-refractivity contribution in [2.24, 2.45) is 11.7 Å². The Kier molecular flexibility index (Phi) is 4.83. The number of rotatable bonds is 3. The molecule has 0 bridgehead atoms. The summed E-state index contributed by atoms with van der Waals surface area (Å²) in [4.78, 5) is 0. The van der Waals surface area contributed by atoms with E-state index in [-0.39, 0.29) is 24.6 Å². The Labute approximate surface area is 110 Å². The van der Waals surface area contributed by atoms with Crippen LogP contribution >= 0.6 is 35.0 Å². The number of hydrogen-bond acceptors (Lipinski definition) is 2.